The third kappa shape index (κ3) is 1.98. The van der Waals surface area contributed by atoms with Gasteiger partial charge in [0.05, 0.1) is 4.47 Å². The molecular formula is C12H12BrNO3S. The molecule has 0 spiro atoms. The third-order valence-electron chi connectivity index (χ3n) is 3.13. The van der Waals surface area contributed by atoms with Gasteiger partial charge in [0.1, 0.15) is 5.58 Å². The SMILES string of the molecule is CC1(NS(=O)(=O)c2oc3ccccc3c2Br)CC1. The van der Waals surface area contributed by atoms with Gasteiger partial charge in [0.25, 0.3) is 10.0 Å². The third-order valence-corrected chi connectivity index (χ3v) is 5.72. The molecule has 4 nitrogen and oxygen atoms in total. The molecule has 1 saturated carbocycles. The molecule has 6 heteroatoms. The molecule has 1 fully saturated rings. The van der Waals surface area contributed by atoms with Gasteiger partial charge in [-0.3, -0.25) is 0 Å². The van der Waals surface area contributed by atoms with Crippen molar-refractivity contribution >= 4 is 36.9 Å². The van der Waals surface area contributed by atoms with Crippen LogP contribution < -0.4 is 4.72 Å². The van der Waals surface area contributed by atoms with Crippen LogP contribution in [0.4, 0.5) is 0 Å². The molecule has 1 aromatic carbocycles. The van der Waals surface area contributed by atoms with Crippen molar-refractivity contribution in [2.45, 2.75) is 30.4 Å². The molecule has 0 amide bonds. The van der Waals surface area contributed by atoms with E-state index in [1.165, 1.54) is 0 Å². The van der Waals surface area contributed by atoms with Crippen molar-refractivity contribution in [2.24, 2.45) is 0 Å². The van der Waals surface area contributed by atoms with E-state index in [-0.39, 0.29) is 10.6 Å². The van der Waals surface area contributed by atoms with Gasteiger partial charge in [-0.05, 0) is 47.8 Å². The summed E-state index contributed by atoms with van der Waals surface area (Å²) in [6, 6.07) is 7.22. The standard InChI is InChI=1S/C12H12BrNO3S/c1-12(6-7-12)14-18(15,16)11-10(13)8-4-2-3-5-9(8)17-11/h2-5,14H,6-7H2,1H3. The van der Waals surface area contributed by atoms with Crippen LogP contribution in [0.15, 0.2) is 38.2 Å². The Bertz CT molecular complexity index is 716. The van der Waals surface area contributed by atoms with Gasteiger partial charge < -0.3 is 4.42 Å². The number of halogens is 1. The fourth-order valence-corrected chi connectivity index (χ4v) is 4.36. The number of hydrogen-bond donors (Lipinski definition) is 1. The van der Waals surface area contributed by atoms with Crippen LogP contribution in [0.1, 0.15) is 19.8 Å². The zero-order valence-corrected chi connectivity index (χ0v) is 12.1. The summed E-state index contributed by atoms with van der Waals surface area (Å²) in [6.45, 7) is 1.89. The van der Waals surface area contributed by atoms with E-state index in [0.29, 0.717) is 10.1 Å². The predicted octanol–water partition coefficient (Wildman–Crippen LogP) is 3.03. The largest absolute Gasteiger partial charge is 0.442 e. The maximum absolute atomic E-state index is 12.2. The van der Waals surface area contributed by atoms with Crippen LogP contribution in [-0.2, 0) is 10.0 Å². The fourth-order valence-electron chi connectivity index (χ4n) is 1.82. The highest BCUT2D eigenvalue weighted by Crippen LogP contribution is 2.39. The van der Waals surface area contributed by atoms with Crippen molar-refractivity contribution in [2.75, 3.05) is 0 Å². The van der Waals surface area contributed by atoms with E-state index in [0.717, 1.165) is 18.2 Å². The van der Waals surface area contributed by atoms with Crippen LogP contribution in [0.2, 0.25) is 0 Å². The van der Waals surface area contributed by atoms with Gasteiger partial charge in [0.15, 0.2) is 0 Å². The highest BCUT2D eigenvalue weighted by atomic mass is 79.9. The molecule has 1 N–H and O–H groups in total. The average Bonchev–Trinajstić information content (AvgIpc) is 2.90. The lowest BCUT2D eigenvalue weighted by Gasteiger charge is -2.10. The molecular weight excluding hydrogens is 318 g/mol. The molecule has 0 bridgehead atoms. The molecule has 2 aromatic rings. The highest BCUT2D eigenvalue weighted by molar-refractivity contribution is 9.10. The Hall–Kier alpha value is -0.850. The second-order valence-corrected chi connectivity index (χ2v) is 7.24. The van der Waals surface area contributed by atoms with E-state index in [4.69, 9.17) is 4.42 Å². The van der Waals surface area contributed by atoms with Crippen LogP contribution in [0.5, 0.6) is 0 Å². The lowest BCUT2D eigenvalue weighted by Crippen LogP contribution is -2.34. The summed E-state index contributed by atoms with van der Waals surface area (Å²) in [6.07, 6.45) is 1.73. The molecule has 1 heterocycles. The maximum atomic E-state index is 12.2. The molecule has 0 saturated heterocycles. The van der Waals surface area contributed by atoms with E-state index in [1.54, 1.807) is 6.07 Å². The van der Waals surface area contributed by atoms with Crippen molar-refractivity contribution in [3.8, 4) is 0 Å². The predicted molar refractivity (Wildman–Crippen MR) is 71.9 cm³/mol. The quantitative estimate of drug-likeness (QED) is 0.941. The smallest absolute Gasteiger partial charge is 0.275 e. The molecule has 3 rings (SSSR count). The van der Waals surface area contributed by atoms with Gasteiger partial charge in [-0.1, -0.05) is 12.1 Å². The van der Waals surface area contributed by atoms with Gasteiger partial charge in [-0.2, -0.15) is 0 Å². The summed E-state index contributed by atoms with van der Waals surface area (Å²) in [5, 5.41) is 0.718. The normalized spacial score (nSPS) is 18.1. The summed E-state index contributed by atoms with van der Waals surface area (Å²) in [5.74, 6) is 0. The molecule has 96 valence electrons. The highest BCUT2D eigenvalue weighted by Gasteiger charge is 2.42. The first-order valence-corrected chi connectivity index (χ1v) is 7.90. The number of rotatable bonds is 3. The first-order chi connectivity index (χ1) is 8.41. The number of benzene rings is 1. The number of sulfonamides is 1. The maximum Gasteiger partial charge on any atom is 0.275 e. The van der Waals surface area contributed by atoms with E-state index in [2.05, 4.69) is 20.7 Å². The second kappa shape index (κ2) is 3.82. The molecule has 1 aromatic heterocycles. The van der Waals surface area contributed by atoms with Crippen molar-refractivity contribution < 1.29 is 12.8 Å². The Balaban J connectivity index is 2.11. The van der Waals surface area contributed by atoms with E-state index >= 15 is 0 Å². The minimum atomic E-state index is -3.61. The Morgan fingerprint density at radius 3 is 2.61 bits per heavy atom. The van der Waals surface area contributed by atoms with Gasteiger partial charge in [-0.15, -0.1) is 0 Å². The topological polar surface area (TPSA) is 59.3 Å². The van der Waals surface area contributed by atoms with Crippen LogP contribution >= 0.6 is 15.9 Å². The summed E-state index contributed by atoms with van der Waals surface area (Å²) >= 11 is 3.30. The van der Waals surface area contributed by atoms with Gasteiger partial charge in [0, 0.05) is 10.9 Å². The van der Waals surface area contributed by atoms with E-state index in [9.17, 15) is 8.42 Å². The minimum absolute atomic E-state index is 0.0446. The summed E-state index contributed by atoms with van der Waals surface area (Å²) < 4.78 is 33.1. The Labute approximate surface area is 114 Å². The lowest BCUT2D eigenvalue weighted by atomic mass is 10.3. The first-order valence-electron chi connectivity index (χ1n) is 5.62. The fraction of sp³-hybridized carbons (Fsp3) is 0.333. The molecule has 0 radical (unpaired) electrons. The Morgan fingerprint density at radius 2 is 2.00 bits per heavy atom. The van der Waals surface area contributed by atoms with Gasteiger partial charge >= 0.3 is 0 Å². The Morgan fingerprint density at radius 1 is 1.33 bits per heavy atom. The van der Waals surface area contributed by atoms with Crippen LogP contribution in [0.3, 0.4) is 0 Å². The minimum Gasteiger partial charge on any atom is -0.442 e. The van der Waals surface area contributed by atoms with Gasteiger partial charge in [-0.25, -0.2) is 13.1 Å². The molecule has 0 atom stereocenters. The molecule has 0 aliphatic heterocycles. The molecule has 18 heavy (non-hydrogen) atoms. The monoisotopic (exact) mass is 329 g/mol. The number of hydrogen-bond acceptors (Lipinski definition) is 3. The molecule has 1 aliphatic rings. The summed E-state index contributed by atoms with van der Waals surface area (Å²) in [4.78, 5) is 0. The Kier molecular flexibility index (Phi) is 2.59. The average molecular weight is 330 g/mol. The second-order valence-electron chi connectivity index (χ2n) is 4.87. The lowest BCUT2D eigenvalue weighted by molar-refractivity contribution is 0.465. The van der Waals surface area contributed by atoms with Crippen molar-refractivity contribution in [3.63, 3.8) is 0 Å². The number of nitrogens with one attached hydrogen (secondary N) is 1. The van der Waals surface area contributed by atoms with E-state index < -0.39 is 10.0 Å². The van der Waals surface area contributed by atoms with Crippen molar-refractivity contribution in [1.29, 1.82) is 0 Å². The summed E-state index contributed by atoms with van der Waals surface area (Å²) in [7, 11) is -3.61. The zero-order valence-electron chi connectivity index (χ0n) is 9.73. The van der Waals surface area contributed by atoms with Crippen LogP contribution in [-0.4, -0.2) is 14.0 Å². The summed E-state index contributed by atoms with van der Waals surface area (Å²) in [5.41, 5.74) is 0.253. The molecule has 1 aliphatic carbocycles. The molecule has 0 unspecified atom stereocenters. The van der Waals surface area contributed by atoms with Crippen molar-refractivity contribution in [3.05, 3.63) is 28.7 Å². The number of furan rings is 1. The number of fused-ring (bicyclic) bond motifs is 1. The van der Waals surface area contributed by atoms with Crippen molar-refractivity contribution in [1.82, 2.24) is 4.72 Å². The van der Waals surface area contributed by atoms with Crippen LogP contribution in [0, 0.1) is 0 Å². The van der Waals surface area contributed by atoms with E-state index in [1.807, 2.05) is 25.1 Å². The van der Waals surface area contributed by atoms with Gasteiger partial charge in [0.2, 0.25) is 5.09 Å². The number of para-hydroxylation sites is 1. The van der Waals surface area contributed by atoms with Crippen LogP contribution in [0.25, 0.3) is 11.0 Å². The zero-order chi connectivity index (χ0) is 13.0. The first kappa shape index (κ1) is 12.2.